The number of methoxy groups -OCH3 is 1. The van der Waals surface area contributed by atoms with Crippen molar-refractivity contribution in [3.63, 3.8) is 0 Å². The van der Waals surface area contributed by atoms with Crippen LogP contribution in [0, 0.1) is 5.92 Å². The summed E-state index contributed by atoms with van der Waals surface area (Å²) in [6, 6.07) is 20.8. The van der Waals surface area contributed by atoms with Gasteiger partial charge < -0.3 is 19.4 Å². The molecule has 1 aromatic heterocycles. The van der Waals surface area contributed by atoms with Crippen LogP contribution in [0.15, 0.2) is 66.7 Å². The Morgan fingerprint density at radius 2 is 1.68 bits per heavy atom. The van der Waals surface area contributed by atoms with Crippen molar-refractivity contribution in [1.29, 1.82) is 0 Å². The van der Waals surface area contributed by atoms with Gasteiger partial charge in [-0.05, 0) is 60.9 Å². The summed E-state index contributed by atoms with van der Waals surface area (Å²) in [4.78, 5) is 32.0. The van der Waals surface area contributed by atoms with Crippen molar-refractivity contribution in [2.24, 2.45) is 5.92 Å². The number of hydrogen-bond acceptors (Lipinski definition) is 6. The lowest BCUT2D eigenvalue weighted by molar-refractivity contribution is -0.131. The second kappa shape index (κ2) is 12.3. The summed E-state index contributed by atoms with van der Waals surface area (Å²) in [6.07, 6.45) is 0.824. The number of hydrogen-bond donors (Lipinski definition) is 0. The number of rotatable bonds is 8. The summed E-state index contributed by atoms with van der Waals surface area (Å²) in [7, 11) is 1.64. The molecule has 0 saturated carbocycles. The molecule has 2 amide bonds. The van der Waals surface area contributed by atoms with Crippen LogP contribution in [-0.2, 0) is 4.79 Å². The van der Waals surface area contributed by atoms with Crippen molar-refractivity contribution in [2.75, 3.05) is 51.3 Å². The first kappa shape index (κ1) is 26.1. The summed E-state index contributed by atoms with van der Waals surface area (Å²) in [5.41, 5.74) is 2.38. The van der Waals surface area contributed by atoms with Crippen molar-refractivity contribution in [3.8, 4) is 17.0 Å². The maximum absolute atomic E-state index is 13.2. The second-order valence-electron chi connectivity index (χ2n) is 9.67. The van der Waals surface area contributed by atoms with Gasteiger partial charge in [0.2, 0.25) is 5.91 Å². The number of aromatic nitrogens is 2. The predicted molar refractivity (Wildman–Crippen MR) is 145 cm³/mol. The molecular formula is C29H35N5O3. The minimum Gasteiger partial charge on any atom is -0.497 e. The minimum atomic E-state index is -0.105. The van der Waals surface area contributed by atoms with Gasteiger partial charge in [0.15, 0.2) is 5.82 Å². The molecular weight excluding hydrogens is 466 g/mol. The Bertz CT molecular complexity index is 1170. The van der Waals surface area contributed by atoms with E-state index in [-0.39, 0.29) is 24.3 Å². The van der Waals surface area contributed by atoms with E-state index in [4.69, 9.17) is 4.74 Å². The second-order valence-corrected chi connectivity index (χ2v) is 9.67. The monoisotopic (exact) mass is 501 g/mol. The standard InChI is InChI=1S/C29H35N5O3/c1-22(2)20-34(29(36)24-8-5-4-6-9-24)21-28(35)33-17-7-16-32(18-19-33)27-15-14-26(30-31-27)23-10-12-25(37-3)13-11-23/h4-6,8-15,22H,7,16-21H2,1-3H3. The Morgan fingerprint density at radius 1 is 0.919 bits per heavy atom. The number of carbonyl (C=O) groups excluding carboxylic acids is 2. The average Bonchev–Trinajstić information content (AvgIpc) is 3.19. The number of amides is 2. The average molecular weight is 502 g/mol. The Hall–Kier alpha value is -3.94. The molecule has 0 atom stereocenters. The molecule has 8 nitrogen and oxygen atoms in total. The van der Waals surface area contributed by atoms with Crippen LogP contribution in [0.3, 0.4) is 0 Å². The molecule has 8 heteroatoms. The number of nitrogens with zero attached hydrogens (tertiary/aromatic N) is 5. The van der Waals surface area contributed by atoms with Crippen molar-refractivity contribution >= 4 is 17.6 Å². The highest BCUT2D eigenvalue weighted by atomic mass is 16.5. The highest BCUT2D eigenvalue weighted by Gasteiger charge is 2.25. The lowest BCUT2D eigenvalue weighted by Gasteiger charge is -2.28. The van der Waals surface area contributed by atoms with Crippen LogP contribution >= 0.6 is 0 Å². The van der Waals surface area contributed by atoms with E-state index in [1.807, 2.05) is 59.5 Å². The first-order chi connectivity index (χ1) is 17.9. The molecule has 2 aromatic carbocycles. The maximum atomic E-state index is 13.2. The number of ether oxygens (including phenoxy) is 1. The van der Waals surface area contributed by atoms with Crippen LogP contribution in [0.4, 0.5) is 5.82 Å². The molecule has 0 radical (unpaired) electrons. The summed E-state index contributed by atoms with van der Waals surface area (Å²) in [5, 5.41) is 8.88. The van der Waals surface area contributed by atoms with E-state index in [0.717, 1.165) is 35.8 Å². The minimum absolute atomic E-state index is 0.0206. The quantitative estimate of drug-likeness (QED) is 0.465. The van der Waals surface area contributed by atoms with Gasteiger partial charge in [-0.1, -0.05) is 32.0 Å². The van der Waals surface area contributed by atoms with Crippen LogP contribution in [0.1, 0.15) is 30.6 Å². The zero-order valence-corrected chi connectivity index (χ0v) is 21.8. The fourth-order valence-electron chi connectivity index (χ4n) is 4.49. The van der Waals surface area contributed by atoms with Crippen LogP contribution in [0.25, 0.3) is 11.3 Å². The normalized spacial score (nSPS) is 13.8. The highest BCUT2D eigenvalue weighted by Crippen LogP contribution is 2.22. The van der Waals surface area contributed by atoms with Gasteiger partial charge in [-0.3, -0.25) is 9.59 Å². The summed E-state index contributed by atoms with van der Waals surface area (Å²) < 4.78 is 5.22. The topological polar surface area (TPSA) is 78.9 Å². The van der Waals surface area contributed by atoms with Gasteiger partial charge in [0.05, 0.1) is 12.8 Å². The highest BCUT2D eigenvalue weighted by molar-refractivity contribution is 5.96. The predicted octanol–water partition coefficient (Wildman–Crippen LogP) is 3.99. The molecule has 3 aromatic rings. The number of anilines is 1. The Labute approximate surface area is 218 Å². The third kappa shape index (κ3) is 6.84. The zero-order chi connectivity index (χ0) is 26.2. The van der Waals surface area contributed by atoms with Crippen LogP contribution in [0.5, 0.6) is 5.75 Å². The van der Waals surface area contributed by atoms with Gasteiger partial charge in [-0.2, -0.15) is 0 Å². The number of carbonyl (C=O) groups is 2. The van der Waals surface area contributed by atoms with Gasteiger partial charge >= 0.3 is 0 Å². The van der Waals surface area contributed by atoms with Crippen LogP contribution < -0.4 is 9.64 Å². The van der Waals surface area contributed by atoms with Crippen molar-refractivity contribution in [1.82, 2.24) is 20.0 Å². The van der Waals surface area contributed by atoms with Gasteiger partial charge in [-0.15, -0.1) is 10.2 Å². The molecule has 0 spiro atoms. The molecule has 1 saturated heterocycles. The fraction of sp³-hybridized carbons (Fsp3) is 0.379. The fourth-order valence-corrected chi connectivity index (χ4v) is 4.49. The molecule has 4 rings (SSSR count). The van der Waals surface area contributed by atoms with E-state index in [9.17, 15) is 9.59 Å². The van der Waals surface area contributed by atoms with Crippen LogP contribution in [-0.4, -0.2) is 78.2 Å². The van der Waals surface area contributed by atoms with E-state index in [1.165, 1.54) is 0 Å². The van der Waals surface area contributed by atoms with Crippen molar-refractivity contribution < 1.29 is 14.3 Å². The number of benzene rings is 2. The van der Waals surface area contributed by atoms with E-state index in [2.05, 4.69) is 28.9 Å². The molecule has 0 N–H and O–H groups in total. The Balaban J connectivity index is 1.37. The van der Waals surface area contributed by atoms with E-state index in [1.54, 1.807) is 24.1 Å². The van der Waals surface area contributed by atoms with Gasteiger partial charge in [-0.25, -0.2) is 0 Å². The zero-order valence-electron chi connectivity index (χ0n) is 21.8. The first-order valence-electron chi connectivity index (χ1n) is 12.8. The van der Waals surface area contributed by atoms with E-state index in [0.29, 0.717) is 31.7 Å². The summed E-state index contributed by atoms with van der Waals surface area (Å²) >= 11 is 0. The van der Waals surface area contributed by atoms with E-state index >= 15 is 0 Å². The lowest BCUT2D eigenvalue weighted by atomic mass is 10.1. The molecule has 194 valence electrons. The molecule has 1 fully saturated rings. The lowest BCUT2D eigenvalue weighted by Crippen LogP contribution is -2.45. The smallest absolute Gasteiger partial charge is 0.254 e. The van der Waals surface area contributed by atoms with E-state index < -0.39 is 0 Å². The largest absolute Gasteiger partial charge is 0.497 e. The first-order valence-corrected chi connectivity index (χ1v) is 12.8. The SMILES string of the molecule is COc1ccc(-c2ccc(N3CCCN(C(=O)CN(CC(C)C)C(=O)c4ccccc4)CC3)nn2)cc1. The molecule has 1 aliphatic heterocycles. The molecule has 1 aliphatic rings. The Morgan fingerprint density at radius 3 is 2.32 bits per heavy atom. The molecule has 0 unspecified atom stereocenters. The summed E-state index contributed by atoms with van der Waals surface area (Å²) in [6.45, 7) is 7.43. The van der Waals surface area contributed by atoms with Gasteiger partial charge in [0.25, 0.3) is 5.91 Å². The van der Waals surface area contributed by atoms with Crippen molar-refractivity contribution in [2.45, 2.75) is 20.3 Å². The molecule has 2 heterocycles. The third-order valence-electron chi connectivity index (χ3n) is 6.43. The molecule has 0 aliphatic carbocycles. The molecule has 0 bridgehead atoms. The Kier molecular flexibility index (Phi) is 8.72. The van der Waals surface area contributed by atoms with Crippen molar-refractivity contribution in [3.05, 3.63) is 72.3 Å². The van der Waals surface area contributed by atoms with Crippen LogP contribution in [0.2, 0.25) is 0 Å². The maximum Gasteiger partial charge on any atom is 0.254 e. The third-order valence-corrected chi connectivity index (χ3v) is 6.43. The van der Waals surface area contributed by atoms with Gasteiger partial charge in [0, 0.05) is 43.9 Å². The summed E-state index contributed by atoms with van der Waals surface area (Å²) in [5.74, 6) is 1.74. The van der Waals surface area contributed by atoms with Gasteiger partial charge in [0.1, 0.15) is 12.3 Å². The molecule has 37 heavy (non-hydrogen) atoms.